The van der Waals surface area contributed by atoms with Gasteiger partial charge >= 0.3 is 5.97 Å². The van der Waals surface area contributed by atoms with Gasteiger partial charge in [-0.15, -0.1) is 0 Å². The minimum atomic E-state index is -1.09. The number of benzene rings is 2. The zero-order valence-electron chi connectivity index (χ0n) is 17.5. The largest absolute Gasteiger partial charge is 0.454 e. The van der Waals surface area contributed by atoms with Gasteiger partial charge < -0.3 is 15.4 Å². The van der Waals surface area contributed by atoms with E-state index in [0.717, 1.165) is 11.6 Å². The van der Waals surface area contributed by atoms with Crippen LogP contribution in [0.25, 0.3) is 0 Å². The predicted octanol–water partition coefficient (Wildman–Crippen LogP) is 4.15. The molecule has 2 rings (SSSR count). The molecule has 0 unspecified atom stereocenters. The van der Waals surface area contributed by atoms with Crippen LogP contribution < -0.4 is 10.6 Å². The first-order chi connectivity index (χ1) is 15.0. The maximum Gasteiger partial charge on any atom is 0.329 e. The van der Waals surface area contributed by atoms with Crippen LogP contribution in [0.1, 0.15) is 29.8 Å². The maximum absolute atomic E-state index is 12.5. The predicted molar refractivity (Wildman–Crippen MR) is 120 cm³/mol. The van der Waals surface area contributed by atoms with Crippen molar-refractivity contribution < 1.29 is 24.0 Å². The van der Waals surface area contributed by atoms with Crippen molar-refractivity contribution in [1.29, 1.82) is 0 Å². The Morgan fingerprint density at radius 3 is 2.38 bits per heavy atom. The van der Waals surface area contributed by atoms with Crippen LogP contribution in [0.3, 0.4) is 0 Å². The number of anilines is 1. The number of hydrogen-bond acceptors (Lipinski definition) is 6. The van der Waals surface area contributed by atoms with Crippen molar-refractivity contribution in [2.45, 2.75) is 26.8 Å². The lowest BCUT2D eigenvalue weighted by Gasteiger charge is -2.21. The summed E-state index contributed by atoms with van der Waals surface area (Å²) in [7, 11) is 0. The third kappa shape index (κ3) is 6.66. The SMILES string of the molecule is Cc1ccc(NC(=O)COC(=O)[C@@H](NC(=O)c2ccc(Cl)c([N+](=O)[O-])c2)C(C)C)c(Cl)c1. The molecule has 0 aliphatic rings. The van der Waals surface area contributed by atoms with E-state index < -0.39 is 41.0 Å². The molecule has 0 saturated carbocycles. The number of hydrogen-bond donors (Lipinski definition) is 2. The number of ether oxygens (including phenoxy) is 1. The van der Waals surface area contributed by atoms with Gasteiger partial charge in [-0.2, -0.15) is 0 Å². The van der Waals surface area contributed by atoms with Crippen LogP contribution >= 0.6 is 23.2 Å². The van der Waals surface area contributed by atoms with E-state index in [1.165, 1.54) is 12.1 Å². The molecule has 0 heterocycles. The van der Waals surface area contributed by atoms with Crippen molar-refractivity contribution in [2.24, 2.45) is 5.92 Å². The van der Waals surface area contributed by atoms with Crippen LogP contribution in [-0.4, -0.2) is 35.4 Å². The van der Waals surface area contributed by atoms with Crippen LogP contribution in [0.5, 0.6) is 0 Å². The first-order valence-corrected chi connectivity index (χ1v) is 10.2. The quantitative estimate of drug-likeness (QED) is 0.331. The Balaban J connectivity index is 2.01. The minimum Gasteiger partial charge on any atom is -0.454 e. The summed E-state index contributed by atoms with van der Waals surface area (Å²) in [6.45, 7) is 4.60. The van der Waals surface area contributed by atoms with Gasteiger partial charge in [-0.25, -0.2) is 4.79 Å². The topological polar surface area (TPSA) is 128 Å². The van der Waals surface area contributed by atoms with E-state index in [9.17, 15) is 24.5 Å². The molecule has 32 heavy (non-hydrogen) atoms. The van der Waals surface area contributed by atoms with Gasteiger partial charge in [0.1, 0.15) is 11.1 Å². The average Bonchev–Trinajstić information content (AvgIpc) is 2.72. The molecule has 0 saturated heterocycles. The third-order valence-electron chi connectivity index (χ3n) is 4.36. The number of carbonyl (C=O) groups excluding carboxylic acids is 3. The number of carbonyl (C=O) groups is 3. The Kier molecular flexibility index (Phi) is 8.56. The zero-order chi connectivity index (χ0) is 24.0. The van der Waals surface area contributed by atoms with E-state index in [0.29, 0.717) is 10.7 Å². The highest BCUT2D eigenvalue weighted by Crippen LogP contribution is 2.25. The number of nitrogens with zero attached hydrogens (tertiary/aromatic N) is 1. The van der Waals surface area contributed by atoms with Gasteiger partial charge in [-0.05, 0) is 42.7 Å². The molecular formula is C21H21Cl2N3O6. The van der Waals surface area contributed by atoms with E-state index in [4.69, 9.17) is 27.9 Å². The Morgan fingerprint density at radius 1 is 1.09 bits per heavy atom. The number of nitro groups is 1. The summed E-state index contributed by atoms with van der Waals surface area (Å²) in [5.41, 5.74) is 0.804. The van der Waals surface area contributed by atoms with Gasteiger partial charge in [0.15, 0.2) is 6.61 Å². The summed E-state index contributed by atoms with van der Waals surface area (Å²) in [6, 6.07) is 7.50. The van der Waals surface area contributed by atoms with Crippen molar-refractivity contribution >= 4 is 52.4 Å². The van der Waals surface area contributed by atoms with Crippen LogP contribution in [0.15, 0.2) is 36.4 Å². The number of nitrogens with one attached hydrogen (secondary N) is 2. The Morgan fingerprint density at radius 2 is 1.78 bits per heavy atom. The molecule has 2 aromatic carbocycles. The molecule has 9 nitrogen and oxygen atoms in total. The molecule has 11 heteroatoms. The number of esters is 1. The molecule has 2 N–H and O–H groups in total. The molecule has 170 valence electrons. The number of aryl methyl sites for hydroxylation is 1. The van der Waals surface area contributed by atoms with Gasteiger partial charge in [0, 0.05) is 11.6 Å². The lowest BCUT2D eigenvalue weighted by atomic mass is 10.0. The van der Waals surface area contributed by atoms with Crippen molar-refractivity contribution in [3.8, 4) is 0 Å². The third-order valence-corrected chi connectivity index (χ3v) is 4.99. The zero-order valence-corrected chi connectivity index (χ0v) is 19.0. The number of halogens is 2. The average molecular weight is 482 g/mol. The minimum absolute atomic E-state index is 0.0497. The molecule has 0 radical (unpaired) electrons. The standard InChI is InChI=1S/C21H21Cl2N3O6/c1-11(2)19(25-20(28)13-5-6-14(22)17(9-13)26(30)31)21(29)32-10-18(27)24-16-7-4-12(3)8-15(16)23/h4-9,11,19H,10H2,1-3H3,(H,24,27)(H,25,28)/t19-/m0/s1. The summed E-state index contributed by atoms with van der Waals surface area (Å²) in [5, 5.41) is 16.3. The molecule has 0 fully saturated rings. The maximum atomic E-state index is 12.5. The van der Waals surface area contributed by atoms with Crippen molar-refractivity contribution in [3.63, 3.8) is 0 Å². The second kappa shape index (κ2) is 10.9. The summed E-state index contributed by atoms with van der Waals surface area (Å²) in [6.07, 6.45) is 0. The number of rotatable bonds is 8. The van der Waals surface area contributed by atoms with Gasteiger partial charge in [-0.3, -0.25) is 19.7 Å². The van der Waals surface area contributed by atoms with E-state index in [1.54, 1.807) is 32.0 Å². The summed E-state index contributed by atoms with van der Waals surface area (Å²) >= 11 is 11.8. The van der Waals surface area contributed by atoms with Crippen molar-refractivity contribution in [2.75, 3.05) is 11.9 Å². The van der Waals surface area contributed by atoms with Crippen LogP contribution in [0, 0.1) is 23.0 Å². The highest BCUT2D eigenvalue weighted by Gasteiger charge is 2.27. The molecular weight excluding hydrogens is 461 g/mol. The van der Waals surface area contributed by atoms with Crippen molar-refractivity contribution in [3.05, 3.63) is 67.7 Å². The molecule has 0 aromatic heterocycles. The number of nitro benzene ring substituents is 1. The van der Waals surface area contributed by atoms with E-state index in [-0.39, 0.29) is 16.5 Å². The molecule has 2 aromatic rings. The molecule has 0 spiro atoms. The first-order valence-electron chi connectivity index (χ1n) is 9.47. The summed E-state index contributed by atoms with van der Waals surface area (Å²) < 4.78 is 5.04. The van der Waals surface area contributed by atoms with Crippen molar-refractivity contribution in [1.82, 2.24) is 5.32 Å². The summed E-state index contributed by atoms with van der Waals surface area (Å²) in [5.74, 6) is -2.55. The van der Waals surface area contributed by atoms with Crippen LogP contribution in [-0.2, 0) is 14.3 Å². The fourth-order valence-electron chi connectivity index (χ4n) is 2.65. The molecule has 0 aliphatic carbocycles. The molecule has 0 bridgehead atoms. The molecule has 1 atom stereocenters. The Labute approximate surface area is 194 Å². The van der Waals surface area contributed by atoms with Gasteiger partial charge in [-0.1, -0.05) is 43.1 Å². The second-order valence-corrected chi connectivity index (χ2v) is 8.07. The first kappa shape index (κ1) is 25.1. The molecule has 0 aliphatic heterocycles. The fourth-order valence-corrected chi connectivity index (χ4v) is 3.12. The monoisotopic (exact) mass is 481 g/mol. The molecule has 2 amide bonds. The van der Waals surface area contributed by atoms with Crippen LogP contribution in [0.4, 0.5) is 11.4 Å². The van der Waals surface area contributed by atoms with Gasteiger partial charge in [0.25, 0.3) is 17.5 Å². The Hall–Kier alpha value is -3.17. The summed E-state index contributed by atoms with van der Waals surface area (Å²) in [4.78, 5) is 47.4. The van der Waals surface area contributed by atoms with Gasteiger partial charge in [0.2, 0.25) is 0 Å². The lowest BCUT2D eigenvalue weighted by molar-refractivity contribution is -0.384. The highest BCUT2D eigenvalue weighted by atomic mass is 35.5. The second-order valence-electron chi connectivity index (χ2n) is 7.26. The normalized spacial score (nSPS) is 11.6. The van der Waals surface area contributed by atoms with E-state index >= 15 is 0 Å². The van der Waals surface area contributed by atoms with E-state index in [1.807, 2.05) is 6.92 Å². The lowest BCUT2D eigenvalue weighted by Crippen LogP contribution is -2.46. The fraction of sp³-hybridized carbons (Fsp3) is 0.286. The highest BCUT2D eigenvalue weighted by molar-refractivity contribution is 6.33. The van der Waals surface area contributed by atoms with E-state index in [2.05, 4.69) is 10.6 Å². The number of amides is 2. The van der Waals surface area contributed by atoms with Crippen LogP contribution in [0.2, 0.25) is 10.0 Å². The smallest absolute Gasteiger partial charge is 0.329 e. The van der Waals surface area contributed by atoms with Gasteiger partial charge in [0.05, 0.1) is 15.6 Å². The Bertz CT molecular complexity index is 1060.